The zero-order valence-corrected chi connectivity index (χ0v) is 10.1. The van der Waals surface area contributed by atoms with Crippen LogP contribution in [0.3, 0.4) is 0 Å². The van der Waals surface area contributed by atoms with Gasteiger partial charge in [0.15, 0.2) is 5.76 Å². The predicted octanol–water partition coefficient (Wildman–Crippen LogP) is 4.10. The van der Waals surface area contributed by atoms with E-state index >= 15 is 0 Å². The number of aromatic nitrogens is 2. The molecule has 3 nitrogen and oxygen atoms in total. The largest absolute Gasteiger partial charge is 0.355 e. The Morgan fingerprint density at radius 3 is 2.89 bits per heavy atom. The van der Waals surface area contributed by atoms with Gasteiger partial charge in [-0.2, -0.15) is 4.37 Å². The van der Waals surface area contributed by atoms with Crippen LogP contribution >= 0.6 is 11.5 Å². The van der Waals surface area contributed by atoms with Crippen molar-refractivity contribution in [2.75, 3.05) is 0 Å². The third-order valence-corrected chi connectivity index (χ3v) is 3.79. The van der Waals surface area contributed by atoms with Crippen LogP contribution in [0.2, 0.25) is 0 Å². The summed E-state index contributed by atoms with van der Waals surface area (Å²) in [5.41, 5.74) is 1.93. The van der Waals surface area contributed by atoms with Gasteiger partial charge in [0.2, 0.25) is 0 Å². The minimum atomic E-state index is 0.816. The molecule has 0 radical (unpaired) electrons. The van der Waals surface area contributed by atoms with Gasteiger partial charge in [0.05, 0.1) is 4.70 Å². The van der Waals surface area contributed by atoms with Crippen molar-refractivity contribution in [1.29, 1.82) is 0 Å². The van der Waals surface area contributed by atoms with Crippen LogP contribution in [0, 0.1) is 0 Å². The maximum Gasteiger partial charge on any atom is 0.175 e. The zero-order chi connectivity index (χ0) is 11.9. The second-order valence-corrected chi connectivity index (χ2v) is 4.91. The molecule has 2 aromatic carbocycles. The van der Waals surface area contributed by atoms with E-state index in [1.54, 1.807) is 0 Å². The smallest absolute Gasteiger partial charge is 0.175 e. The molecule has 2 heterocycles. The van der Waals surface area contributed by atoms with Crippen molar-refractivity contribution in [3.05, 3.63) is 48.7 Å². The predicted molar refractivity (Wildman–Crippen MR) is 72.6 cm³/mol. The maximum atomic E-state index is 5.51. The summed E-state index contributed by atoms with van der Waals surface area (Å²) < 4.78 is 10.9. The first kappa shape index (κ1) is 9.79. The van der Waals surface area contributed by atoms with Gasteiger partial charge in [0.1, 0.15) is 5.52 Å². The molecule has 0 saturated carbocycles. The summed E-state index contributed by atoms with van der Waals surface area (Å²) in [6.45, 7) is 0. The molecule has 4 rings (SSSR count). The van der Waals surface area contributed by atoms with Crippen LogP contribution in [0.15, 0.2) is 53.2 Å². The van der Waals surface area contributed by atoms with Crippen LogP contribution in [0.4, 0.5) is 0 Å². The van der Waals surface area contributed by atoms with E-state index in [1.165, 1.54) is 11.5 Å². The topological polar surface area (TPSA) is 38.9 Å². The Labute approximate surface area is 107 Å². The van der Waals surface area contributed by atoms with E-state index in [2.05, 4.69) is 15.6 Å². The Bertz CT molecular complexity index is 847. The monoisotopic (exact) mass is 252 g/mol. The number of benzene rings is 2. The molecule has 0 saturated heterocycles. The molecule has 0 N–H and O–H groups in total. The first-order valence-corrected chi connectivity index (χ1v) is 6.39. The summed E-state index contributed by atoms with van der Waals surface area (Å²) in [6, 6.07) is 14.1. The van der Waals surface area contributed by atoms with Gasteiger partial charge in [0, 0.05) is 22.5 Å². The van der Waals surface area contributed by atoms with Crippen LogP contribution in [0.5, 0.6) is 0 Å². The Kier molecular flexibility index (Phi) is 1.98. The van der Waals surface area contributed by atoms with Gasteiger partial charge in [-0.05, 0) is 29.7 Å². The van der Waals surface area contributed by atoms with Crippen molar-refractivity contribution < 1.29 is 4.52 Å². The molecule has 86 valence electrons. The van der Waals surface area contributed by atoms with Crippen LogP contribution in [-0.2, 0) is 0 Å². The van der Waals surface area contributed by atoms with Gasteiger partial charge in [0.25, 0.3) is 0 Å². The third kappa shape index (κ3) is 1.29. The fourth-order valence-corrected chi connectivity index (χ4v) is 2.85. The quantitative estimate of drug-likeness (QED) is 0.512. The van der Waals surface area contributed by atoms with E-state index in [-0.39, 0.29) is 0 Å². The molecule has 0 bridgehead atoms. The molecule has 0 unspecified atom stereocenters. The van der Waals surface area contributed by atoms with Crippen molar-refractivity contribution in [2.24, 2.45) is 0 Å². The molecule has 0 aliphatic rings. The molecule has 0 fully saturated rings. The highest BCUT2D eigenvalue weighted by molar-refractivity contribution is 7.13. The average molecular weight is 252 g/mol. The van der Waals surface area contributed by atoms with Crippen LogP contribution in [0.1, 0.15) is 0 Å². The highest BCUT2D eigenvalue weighted by Gasteiger charge is 2.13. The van der Waals surface area contributed by atoms with Crippen LogP contribution in [0.25, 0.3) is 32.3 Å². The van der Waals surface area contributed by atoms with Gasteiger partial charge in [-0.1, -0.05) is 29.4 Å². The van der Waals surface area contributed by atoms with Crippen molar-refractivity contribution in [2.45, 2.75) is 0 Å². The average Bonchev–Trinajstić information content (AvgIpc) is 3.05. The first-order chi connectivity index (χ1) is 8.93. The number of nitrogens with zero attached hydrogens (tertiary/aromatic N) is 2. The van der Waals surface area contributed by atoms with Gasteiger partial charge < -0.3 is 4.52 Å². The summed E-state index contributed by atoms with van der Waals surface area (Å²) in [4.78, 5) is 0. The molecule has 0 aliphatic carbocycles. The van der Waals surface area contributed by atoms with E-state index < -0.39 is 0 Å². The van der Waals surface area contributed by atoms with Crippen molar-refractivity contribution in [1.82, 2.24) is 9.53 Å². The molecule has 4 aromatic rings. The SMILES string of the molecule is c1ccc2c(-c3cccc4sncc34)onc2c1. The Morgan fingerprint density at radius 1 is 0.944 bits per heavy atom. The zero-order valence-electron chi connectivity index (χ0n) is 9.33. The number of hydrogen-bond acceptors (Lipinski definition) is 4. The standard InChI is InChI=1S/C14H8N2OS/c1-2-6-12-10(4-1)14(17-16-12)9-5-3-7-13-11(9)8-15-18-13/h1-8H. The van der Waals surface area contributed by atoms with Crippen LogP contribution in [-0.4, -0.2) is 9.53 Å². The normalized spacial score (nSPS) is 11.3. The molecule has 18 heavy (non-hydrogen) atoms. The molecule has 0 atom stereocenters. The molecule has 0 spiro atoms. The van der Waals surface area contributed by atoms with E-state index in [4.69, 9.17) is 4.52 Å². The second kappa shape index (κ2) is 3.65. The van der Waals surface area contributed by atoms with E-state index in [0.717, 1.165) is 32.3 Å². The van der Waals surface area contributed by atoms with Crippen molar-refractivity contribution in [3.8, 4) is 11.3 Å². The van der Waals surface area contributed by atoms with Gasteiger partial charge in [-0.3, -0.25) is 0 Å². The Morgan fingerprint density at radius 2 is 1.89 bits per heavy atom. The molecule has 0 aliphatic heterocycles. The second-order valence-electron chi connectivity index (χ2n) is 4.07. The lowest BCUT2D eigenvalue weighted by Crippen LogP contribution is -1.76. The van der Waals surface area contributed by atoms with Crippen LogP contribution < -0.4 is 0 Å². The van der Waals surface area contributed by atoms with E-state index in [1.807, 2.05) is 42.6 Å². The van der Waals surface area contributed by atoms with Gasteiger partial charge in [-0.25, -0.2) is 0 Å². The number of rotatable bonds is 1. The maximum absolute atomic E-state index is 5.51. The molecular weight excluding hydrogens is 244 g/mol. The van der Waals surface area contributed by atoms with E-state index in [0.29, 0.717) is 0 Å². The highest BCUT2D eigenvalue weighted by Crippen LogP contribution is 2.34. The summed E-state index contributed by atoms with van der Waals surface area (Å²) in [5, 5.41) is 6.25. The fraction of sp³-hybridized carbons (Fsp3) is 0. The summed E-state index contributed by atoms with van der Waals surface area (Å²) in [7, 11) is 0. The summed E-state index contributed by atoms with van der Waals surface area (Å²) in [6.07, 6.45) is 1.88. The lowest BCUT2D eigenvalue weighted by atomic mass is 10.1. The molecule has 2 aromatic heterocycles. The lowest BCUT2D eigenvalue weighted by Gasteiger charge is -1.98. The number of hydrogen-bond donors (Lipinski definition) is 0. The summed E-state index contributed by atoms with van der Waals surface area (Å²) in [5.74, 6) is 0.816. The van der Waals surface area contributed by atoms with Crippen molar-refractivity contribution in [3.63, 3.8) is 0 Å². The lowest BCUT2D eigenvalue weighted by molar-refractivity contribution is 0.441. The summed E-state index contributed by atoms with van der Waals surface area (Å²) >= 11 is 1.49. The minimum absolute atomic E-state index is 0.816. The first-order valence-electron chi connectivity index (χ1n) is 5.62. The molecule has 0 amide bonds. The van der Waals surface area contributed by atoms with Crippen molar-refractivity contribution >= 4 is 32.5 Å². The Balaban J connectivity index is 2.10. The molecular formula is C14H8N2OS. The highest BCUT2D eigenvalue weighted by atomic mass is 32.1. The molecule has 4 heteroatoms. The van der Waals surface area contributed by atoms with E-state index in [9.17, 15) is 0 Å². The Hall–Kier alpha value is -2.20. The van der Waals surface area contributed by atoms with Gasteiger partial charge in [-0.15, -0.1) is 0 Å². The third-order valence-electron chi connectivity index (χ3n) is 3.03. The fourth-order valence-electron chi connectivity index (χ4n) is 2.17. The van der Waals surface area contributed by atoms with Gasteiger partial charge >= 0.3 is 0 Å². The number of fused-ring (bicyclic) bond motifs is 2. The minimum Gasteiger partial charge on any atom is -0.355 e.